The fraction of sp³-hybridized carbons (Fsp3) is 0.400. The lowest BCUT2D eigenvalue weighted by Crippen LogP contribution is -2.26. The van der Waals surface area contributed by atoms with Gasteiger partial charge in [0.25, 0.3) is 0 Å². The average molecular weight is 253 g/mol. The first-order valence-electron chi connectivity index (χ1n) is 4.36. The maximum atomic E-state index is 6.00. The molecule has 78 valence electrons. The third kappa shape index (κ3) is 3.66. The molecule has 0 fully saturated rings. The van der Waals surface area contributed by atoms with Crippen LogP contribution in [-0.4, -0.2) is 11.9 Å². The van der Waals surface area contributed by atoms with Gasteiger partial charge in [0, 0.05) is 28.5 Å². The minimum atomic E-state index is 0.281. The van der Waals surface area contributed by atoms with Gasteiger partial charge in [-0.2, -0.15) is 0 Å². The van der Waals surface area contributed by atoms with E-state index in [1.807, 2.05) is 19.1 Å². The Morgan fingerprint density at radius 3 is 2.64 bits per heavy atom. The van der Waals surface area contributed by atoms with E-state index in [0.29, 0.717) is 22.5 Å². The van der Waals surface area contributed by atoms with E-state index in [9.17, 15) is 0 Å². The molecule has 0 aromatic heterocycles. The first-order chi connectivity index (χ1) is 6.63. The Morgan fingerprint density at radius 1 is 1.36 bits per heavy atom. The molecule has 0 spiro atoms. The van der Waals surface area contributed by atoms with Crippen LogP contribution in [0.1, 0.15) is 12.5 Å². The monoisotopic (exact) mass is 251 g/mol. The largest absolute Gasteiger partial charge is 0.309 e. The predicted molar refractivity (Wildman–Crippen MR) is 63.5 cm³/mol. The quantitative estimate of drug-likeness (QED) is 0.806. The fourth-order valence-electron chi connectivity index (χ4n) is 1.00. The number of nitrogens with one attached hydrogen (secondary N) is 1. The van der Waals surface area contributed by atoms with E-state index in [1.165, 1.54) is 0 Å². The summed E-state index contributed by atoms with van der Waals surface area (Å²) in [6.07, 6.45) is 0. The summed E-state index contributed by atoms with van der Waals surface area (Å²) in [5.74, 6) is 0.589. The van der Waals surface area contributed by atoms with E-state index < -0.39 is 0 Å². The molecule has 0 aliphatic carbocycles. The summed E-state index contributed by atoms with van der Waals surface area (Å²) >= 11 is 17.4. The minimum absolute atomic E-state index is 0.281. The van der Waals surface area contributed by atoms with Crippen molar-refractivity contribution in [3.63, 3.8) is 0 Å². The molecule has 14 heavy (non-hydrogen) atoms. The summed E-state index contributed by atoms with van der Waals surface area (Å²) in [7, 11) is 0. The van der Waals surface area contributed by atoms with Crippen molar-refractivity contribution in [2.24, 2.45) is 0 Å². The maximum absolute atomic E-state index is 6.00. The number of halogens is 3. The highest BCUT2D eigenvalue weighted by atomic mass is 35.5. The zero-order chi connectivity index (χ0) is 10.6. The molecule has 0 bridgehead atoms. The third-order valence-corrected chi connectivity index (χ3v) is 2.94. The second-order valence-corrected chi connectivity index (χ2v) is 4.32. The summed E-state index contributed by atoms with van der Waals surface area (Å²) in [6, 6.07) is 5.77. The van der Waals surface area contributed by atoms with E-state index in [-0.39, 0.29) is 6.04 Å². The van der Waals surface area contributed by atoms with Gasteiger partial charge in [-0.25, -0.2) is 0 Å². The zero-order valence-corrected chi connectivity index (χ0v) is 10.1. The van der Waals surface area contributed by atoms with Crippen LogP contribution in [-0.2, 0) is 6.54 Å². The molecule has 1 rings (SSSR count). The Labute approximate surface area is 99.4 Å². The molecule has 1 unspecified atom stereocenters. The molecule has 1 aromatic carbocycles. The highest BCUT2D eigenvalue weighted by molar-refractivity contribution is 6.35. The molecule has 1 N–H and O–H groups in total. The average Bonchev–Trinajstić information content (AvgIpc) is 2.16. The highest BCUT2D eigenvalue weighted by Gasteiger charge is 2.03. The normalized spacial score (nSPS) is 12.9. The molecule has 0 aliphatic heterocycles. The summed E-state index contributed by atoms with van der Waals surface area (Å²) < 4.78 is 0. The van der Waals surface area contributed by atoms with Gasteiger partial charge in [0.05, 0.1) is 0 Å². The second kappa shape index (κ2) is 5.82. The number of benzene rings is 1. The zero-order valence-electron chi connectivity index (χ0n) is 7.86. The Kier molecular flexibility index (Phi) is 5.04. The lowest BCUT2D eigenvalue weighted by molar-refractivity contribution is 0.593. The Morgan fingerprint density at radius 2 is 2.07 bits per heavy atom. The van der Waals surface area contributed by atoms with Crippen LogP contribution in [0, 0.1) is 0 Å². The fourth-order valence-corrected chi connectivity index (χ4v) is 1.59. The lowest BCUT2D eigenvalue weighted by atomic mass is 10.2. The SMILES string of the molecule is CC(CCl)NCc1ccc(Cl)cc1Cl. The van der Waals surface area contributed by atoms with Crippen molar-refractivity contribution in [2.75, 3.05) is 5.88 Å². The summed E-state index contributed by atoms with van der Waals surface area (Å²) in [4.78, 5) is 0. The predicted octanol–water partition coefficient (Wildman–Crippen LogP) is 3.71. The Bertz CT molecular complexity index is 301. The van der Waals surface area contributed by atoms with Crippen LogP contribution in [0.4, 0.5) is 0 Å². The van der Waals surface area contributed by atoms with E-state index in [2.05, 4.69) is 5.32 Å². The van der Waals surface area contributed by atoms with Crippen molar-refractivity contribution < 1.29 is 0 Å². The van der Waals surface area contributed by atoms with Crippen LogP contribution < -0.4 is 5.32 Å². The molecular weight excluding hydrogens is 240 g/mol. The molecule has 0 saturated heterocycles. The van der Waals surface area contributed by atoms with Crippen molar-refractivity contribution in [2.45, 2.75) is 19.5 Å². The summed E-state index contributed by atoms with van der Waals surface area (Å²) in [6.45, 7) is 2.74. The molecule has 1 atom stereocenters. The molecule has 0 radical (unpaired) electrons. The van der Waals surface area contributed by atoms with Crippen LogP contribution in [0.15, 0.2) is 18.2 Å². The smallest absolute Gasteiger partial charge is 0.0465 e. The molecule has 0 saturated carbocycles. The van der Waals surface area contributed by atoms with Gasteiger partial charge in [0.1, 0.15) is 0 Å². The van der Waals surface area contributed by atoms with Gasteiger partial charge in [-0.3, -0.25) is 0 Å². The van der Waals surface area contributed by atoms with Crippen LogP contribution >= 0.6 is 34.8 Å². The van der Waals surface area contributed by atoms with Crippen LogP contribution in [0.3, 0.4) is 0 Å². The van der Waals surface area contributed by atoms with E-state index in [0.717, 1.165) is 5.56 Å². The maximum Gasteiger partial charge on any atom is 0.0465 e. The van der Waals surface area contributed by atoms with E-state index in [4.69, 9.17) is 34.8 Å². The highest BCUT2D eigenvalue weighted by Crippen LogP contribution is 2.20. The topological polar surface area (TPSA) is 12.0 Å². The molecule has 0 amide bonds. The van der Waals surface area contributed by atoms with Gasteiger partial charge in [-0.05, 0) is 24.6 Å². The van der Waals surface area contributed by atoms with Crippen molar-refractivity contribution in [3.8, 4) is 0 Å². The molecular formula is C10H12Cl3N. The first-order valence-corrected chi connectivity index (χ1v) is 5.66. The van der Waals surface area contributed by atoms with Gasteiger partial charge in [0.15, 0.2) is 0 Å². The van der Waals surface area contributed by atoms with Crippen molar-refractivity contribution >= 4 is 34.8 Å². The number of alkyl halides is 1. The lowest BCUT2D eigenvalue weighted by Gasteiger charge is -2.11. The Hall–Kier alpha value is 0.0500. The van der Waals surface area contributed by atoms with Crippen molar-refractivity contribution in [1.29, 1.82) is 0 Å². The third-order valence-electron chi connectivity index (χ3n) is 1.89. The van der Waals surface area contributed by atoms with Crippen LogP contribution in [0.25, 0.3) is 0 Å². The molecule has 1 aromatic rings. The first kappa shape index (κ1) is 12.1. The van der Waals surface area contributed by atoms with Gasteiger partial charge in [-0.15, -0.1) is 11.6 Å². The minimum Gasteiger partial charge on any atom is -0.309 e. The molecule has 4 heteroatoms. The number of hydrogen-bond donors (Lipinski definition) is 1. The van der Waals surface area contributed by atoms with Crippen LogP contribution in [0.2, 0.25) is 10.0 Å². The van der Waals surface area contributed by atoms with E-state index >= 15 is 0 Å². The van der Waals surface area contributed by atoms with Gasteiger partial charge in [0.2, 0.25) is 0 Å². The molecule has 1 nitrogen and oxygen atoms in total. The summed E-state index contributed by atoms with van der Waals surface area (Å²) in [5, 5.41) is 4.59. The molecule has 0 heterocycles. The second-order valence-electron chi connectivity index (χ2n) is 3.17. The Balaban J connectivity index is 2.59. The molecule has 0 aliphatic rings. The van der Waals surface area contributed by atoms with Crippen LogP contribution in [0.5, 0.6) is 0 Å². The van der Waals surface area contributed by atoms with Gasteiger partial charge in [-0.1, -0.05) is 29.3 Å². The summed E-state index contributed by atoms with van der Waals surface area (Å²) in [5.41, 5.74) is 1.04. The standard InChI is InChI=1S/C10H12Cl3N/c1-7(5-11)14-6-8-2-3-9(12)4-10(8)13/h2-4,7,14H,5-6H2,1H3. The number of hydrogen-bond acceptors (Lipinski definition) is 1. The van der Waals surface area contributed by atoms with Crippen molar-refractivity contribution in [1.82, 2.24) is 5.32 Å². The number of rotatable bonds is 4. The van der Waals surface area contributed by atoms with Gasteiger partial charge < -0.3 is 5.32 Å². The van der Waals surface area contributed by atoms with Gasteiger partial charge >= 0.3 is 0 Å². The van der Waals surface area contributed by atoms with E-state index in [1.54, 1.807) is 6.07 Å². The van der Waals surface area contributed by atoms with Crippen molar-refractivity contribution in [3.05, 3.63) is 33.8 Å².